The molecule has 0 fully saturated rings. The van der Waals surface area contributed by atoms with E-state index in [1.54, 1.807) is 12.3 Å². The second-order valence-electron chi connectivity index (χ2n) is 7.74. The van der Waals surface area contributed by atoms with Gasteiger partial charge in [-0.05, 0) is 18.1 Å². The number of nitrogens with one attached hydrogen (secondary N) is 3. The molecule has 29 heavy (non-hydrogen) atoms. The van der Waals surface area contributed by atoms with Gasteiger partial charge < -0.3 is 15.6 Å². The van der Waals surface area contributed by atoms with E-state index in [-0.39, 0.29) is 24.4 Å². The molecule has 0 aliphatic heterocycles. The number of carbonyl (C=O) groups excluding carboxylic acids is 2. The zero-order valence-electron chi connectivity index (χ0n) is 17.0. The van der Waals surface area contributed by atoms with Crippen LogP contribution >= 0.6 is 0 Å². The zero-order chi connectivity index (χ0) is 20.9. The number of benzene rings is 1. The minimum absolute atomic E-state index is 0.0301. The lowest BCUT2D eigenvalue weighted by molar-refractivity contribution is -0.130. The summed E-state index contributed by atoms with van der Waals surface area (Å²) < 4.78 is 0. The van der Waals surface area contributed by atoms with Crippen molar-refractivity contribution in [3.8, 4) is 0 Å². The minimum Gasteiger partial charge on any atom is -0.348 e. The highest BCUT2D eigenvalue weighted by Gasteiger charge is 2.29. The molecule has 1 aromatic carbocycles. The molecular weight excluding hydrogens is 366 g/mol. The molecule has 0 aliphatic carbocycles. The van der Waals surface area contributed by atoms with Gasteiger partial charge in [0.1, 0.15) is 17.7 Å². The lowest BCUT2D eigenvalue weighted by Gasteiger charge is -2.27. The van der Waals surface area contributed by atoms with E-state index in [2.05, 4.69) is 32.5 Å². The van der Waals surface area contributed by atoms with Gasteiger partial charge in [-0.15, -0.1) is 0 Å². The third-order valence-electron chi connectivity index (χ3n) is 5.03. The Morgan fingerprint density at radius 3 is 2.62 bits per heavy atom. The number of nitrogens with zero attached hydrogens (tertiary/aromatic N) is 2. The summed E-state index contributed by atoms with van der Waals surface area (Å²) in [6.07, 6.45) is 4.79. The summed E-state index contributed by atoms with van der Waals surface area (Å²) in [4.78, 5) is 36.8. The number of hydrogen-bond donors (Lipinski definition) is 3. The Morgan fingerprint density at radius 2 is 1.90 bits per heavy atom. The zero-order valence-corrected chi connectivity index (χ0v) is 17.0. The van der Waals surface area contributed by atoms with Crippen molar-refractivity contribution in [3.05, 3.63) is 60.2 Å². The van der Waals surface area contributed by atoms with E-state index in [0.29, 0.717) is 16.7 Å². The van der Waals surface area contributed by atoms with E-state index in [1.165, 1.54) is 6.33 Å². The first-order valence-corrected chi connectivity index (χ1v) is 9.84. The molecule has 152 valence electrons. The predicted octanol–water partition coefficient (Wildman–Crippen LogP) is 3.37. The fourth-order valence-electron chi connectivity index (χ4n) is 3.36. The van der Waals surface area contributed by atoms with E-state index in [1.807, 2.05) is 44.2 Å². The maximum atomic E-state index is 12.8. The van der Waals surface area contributed by atoms with Crippen molar-refractivity contribution in [1.82, 2.24) is 25.6 Å². The number of aromatic nitrogens is 3. The molecule has 2 amide bonds. The average Bonchev–Trinajstić information content (AvgIpc) is 3.20. The highest BCUT2D eigenvalue weighted by Crippen LogP contribution is 2.24. The predicted molar refractivity (Wildman–Crippen MR) is 112 cm³/mol. The Hall–Kier alpha value is -3.22. The summed E-state index contributed by atoms with van der Waals surface area (Å²) in [6, 6.07) is 11.1. The molecular formula is C22H27N5O2. The van der Waals surface area contributed by atoms with Crippen LogP contribution in [-0.4, -0.2) is 33.3 Å². The molecule has 0 bridgehead atoms. The Kier molecular flexibility index (Phi) is 6.26. The summed E-state index contributed by atoms with van der Waals surface area (Å²) in [5.74, 6) is -0.336. The molecule has 3 N–H and O–H groups in total. The number of aromatic amines is 1. The lowest BCUT2D eigenvalue weighted by Crippen LogP contribution is -2.43. The first-order valence-electron chi connectivity index (χ1n) is 9.84. The molecule has 0 radical (unpaired) electrons. The maximum absolute atomic E-state index is 12.8. The summed E-state index contributed by atoms with van der Waals surface area (Å²) in [5.41, 5.74) is 1.37. The van der Waals surface area contributed by atoms with Crippen LogP contribution in [-0.2, 0) is 4.79 Å². The summed E-state index contributed by atoms with van der Waals surface area (Å²) >= 11 is 0. The standard InChI is InChI=1S/C22H27N5O2/c1-4-11-22(2,3)21(29)27-17(15-8-6-5-7-9-15)13-24-20(28)18-16-10-12-23-19(16)26-14-25-18/h5-10,12,14,17H,4,11,13H2,1-3H3,(H,24,28)(H,27,29)(H,23,25,26). The monoisotopic (exact) mass is 393 g/mol. The Labute approximate surface area is 170 Å². The molecule has 0 spiro atoms. The molecule has 3 rings (SSSR count). The molecule has 2 heterocycles. The van der Waals surface area contributed by atoms with Gasteiger partial charge in [-0.25, -0.2) is 9.97 Å². The summed E-state index contributed by atoms with van der Waals surface area (Å²) in [7, 11) is 0. The van der Waals surface area contributed by atoms with Crippen molar-refractivity contribution in [2.24, 2.45) is 5.41 Å². The van der Waals surface area contributed by atoms with Gasteiger partial charge in [-0.3, -0.25) is 9.59 Å². The van der Waals surface area contributed by atoms with Gasteiger partial charge in [0.15, 0.2) is 0 Å². The van der Waals surface area contributed by atoms with Crippen molar-refractivity contribution in [3.63, 3.8) is 0 Å². The average molecular weight is 393 g/mol. The molecule has 1 unspecified atom stereocenters. The molecule has 1 atom stereocenters. The van der Waals surface area contributed by atoms with Crippen molar-refractivity contribution in [1.29, 1.82) is 0 Å². The van der Waals surface area contributed by atoms with E-state index in [9.17, 15) is 9.59 Å². The number of carbonyl (C=O) groups is 2. The molecule has 0 aliphatic rings. The van der Waals surface area contributed by atoms with Gasteiger partial charge >= 0.3 is 0 Å². The third kappa shape index (κ3) is 4.80. The van der Waals surface area contributed by atoms with Crippen LogP contribution in [0, 0.1) is 5.41 Å². The van der Waals surface area contributed by atoms with Gasteiger partial charge in [-0.1, -0.05) is 57.5 Å². The molecule has 0 saturated heterocycles. The van der Waals surface area contributed by atoms with Crippen molar-refractivity contribution < 1.29 is 9.59 Å². The molecule has 2 aromatic heterocycles. The fraction of sp³-hybridized carbons (Fsp3) is 0.364. The molecule has 7 nitrogen and oxygen atoms in total. The van der Waals surface area contributed by atoms with E-state index >= 15 is 0 Å². The second-order valence-corrected chi connectivity index (χ2v) is 7.74. The van der Waals surface area contributed by atoms with Gasteiger partial charge in [0.05, 0.1) is 11.4 Å². The van der Waals surface area contributed by atoms with Gasteiger partial charge in [0.2, 0.25) is 5.91 Å². The van der Waals surface area contributed by atoms with E-state index in [4.69, 9.17) is 0 Å². The Balaban J connectivity index is 1.76. The van der Waals surface area contributed by atoms with Gasteiger partial charge in [0.25, 0.3) is 5.91 Å². The van der Waals surface area contributed by atoms with Crippen LogP contribution in [0.15, 0.2) is 48.9 Å². The number of rotatable bonds is 8. The summed E-state index contributed by atoms with van der Waals surface area (Å²) in [6.45, 7) is 6.20. The third-order valence-corrected chi connectivity index (χ3v) is 5.03. The van der Waals surface area contributed by atoms with Crippen LogP contribution in [0.4, 0.5) is 0 Å². The Bertz CT molecular complexity index is 981. The highest BCUT2D eigenvalue weighted by atomic mass is 16.2. The number of hydrogen-bond acceptors (Lipinski definition) is 4. The van der Waals surface area contributed by atoms with Crippen LogP contribution in [0.25, 0.3) is 11.0 Å². The largest absolute Gasteiger partial charge is 0.348 e. The lowest BCUT2D eigenvalue weighted by atomic mass is 9.86. The quantitative estimate of drug-likeness (QED) is 0.546. The first-order chi connectivity index (χ1) is 13.9. The van der Waals surface area contributed by atoms with Gasteiger partial charge in [0, 0.05) is 18.2 Å². The Morgan fingerprint density at radius 1 is 1.14 bits per heavy atom. The van der Waals surface area contributed by atoms with Crippen molar-refractivity contribution >= 4 is 22.8 Å². The first kappa shape index (κ1) is 20.5. The smallest absolute Gasteiger partial charge is 0.270 e. The van der Waals surface area contributed by atoms with Crippen molar-refractivity contribution in [2.75, 3.05) is 6.54 Å². The summed E-state index contributed by atoms with van der Waals surface area (Å²) in [5, 5.41) is 6.68. The fourth-order valence-corrected chi connectivity index (χ4v) is 3.36. The van der Waals surface area contributed by atoms with Crippen LogP contribution in [0.5, 0.6) is 0 Å². The second kappa shape index (κ2) is 8.86. The van der Waals surface area contributed by atoms with E-state index in [0.717, 1.165) is 18.4 Å². The van der Waals surface area contributed by atoms with Crippen molar-refractivity contribution in [2.45, 2.75) is 39.7 Å². The topological polar surface area (TPSA) is 99.8 Å². The highest BCUT2D eigenvalue weighted by molar-refractivity contribution is 6.03. The SMILES string of the molecule is CCCC(C)(C)C(=O)NC(CNC(=O)c1ncnc2[nH]ccc12)c1ccccc1. The van der Waals surface area contributed by atoms with Gasteiger partial charge in [-0.2, -0.15) is 0 Å². The normalized spacial score (nSPS) is 12.5. The van der Waals surface area contributed by atoms with E-state index < -0.39 is 5.41 Å². The number of H-pyrrole nitrogens is 1. The van der Waals surface area contributed by atoms with Crippen LogP contribution < -0.4 is 10.6 Å². The number of fused-ring (bicyclic) bond motifs is 1. The van der Waals surface area contributed by atoms with Crippen LogP contribution in [0.3, 0.4) is 0 Å². The minimum atomic E-state index is -0.476. The van der Waals surface area contributed by atoms with Crippen LogP contribution in [0.1, 0.15) is 55.7 Å². The van der Waals surface area contributed by atoms with Crippen LogP contribution in [0.2, 0.25) is 0 Å². The molecule has 0 saturated carbocycles. The maximum Gasteiger partial charge on any atom is 0.270 e. The number of amides is 2. The molecule has 3 aromatic rings. The molecule has 7 heteroatoms.